The van der Waals surface area contributed by atoms with Gasteiger partial charge in [0.25, 0.3) is 5.91 Å². The predicted octanol–water partition coefficient (Wildman–Crippen LogP) is 3.71. The quantitative estimate of drug-likeness (QED) is 0.849. The number of esters is 1. The van der Waals surface area contributed by atoms with E-state index >= 15 is 0 Å². The number of anilines is 1. The second-order valence-electron chi connectivity index (χ2n) is 5.25. The minimum absolute atomic E-state index is 0.292. The molecule has 0 heterocycles. The largest absolute Gasteiger partial charge is 0.449 e. The summed E-state index contributed by atoms with van der Waals surface area (Å²) < 4.78 is 31.2. The van der Waals surface area contributed by atoms with E-state index in [9.17, 15) is 18.4 Å². The van der Waals surface area contributed by atoms with Crippen molar-refractivity contribution in [2.75, 3.05) is 5.32 Å². The van der Waals surface area contributed by atoms with Gasteiger partial charge in [0.2, 0.25) is 0 Å². The van der Waals surface area contributed by atoms with Gasteiger partial charge in [-0.2, -0.15) is 0 Å². The van der Waals surface area contributed by atoms with Crippen LogP contribution < -0.4 is 5.32 Å². The summed E-state index contributed by atoms with van der Waals surface area (Å²) >= 11 is 0. The molecule has 0 radical (unpaired) electrons. The average Bonchev–Trinajstić information content (AvgIpc) is 2.54. The van der Waals surface area contributed by atoms with Crippen molar-refractivity contribution in [1.82, 2.24) is 0 Å². The standard InChI is InChI=1S/C18H17F2NO3/c1-3-12-4-6-16(7-5-12)21-17(22)11(2)24-18(23)13-8-14(19)10-15(20)9-13/h4-11H,3H2,1-2H3,(H,21,22)/t11-/m0/s1. The Bertz CT molecular complexity index is 724. The number of carbonyl (C=O) groups is 2. The number of rotatable bonds is 5. The molecule has 2 rings (SSSR count). The van der Waals surface area contributed by atoms with Crippen LogP contribution in [0.1, 0.15) is 29.8 Å². The van der Waals surface area contributed by atoms with Gasteiger partial charge >= 0.3 is 5.97 Å². The van der Waals surface area contributed by atoms with E-state index in [1.165, 1.54) is 6.92 Å². The van der Waals surface area contributed by atoms with Crippen molar-refractivity contribution in [1.29, 1.82) is 0 Å². The summed E-state index contributed by atoms with van der Waals surface area (Å²) in [6.07, 6.45) is -0.235. The van der Waals surface area contributed by atoms with Gasteiger partial charge in [-0.25, -0.2) is 13.6 Å². The second kappa shape index (κ2) is 7.68. The average molecular weight is 333 g/mol. The first-order chi connectivity index (χ1) is 11.4. The number of hydrogen-bond donors (Lipinski definition) is 1. The Morgan fingerprint density at radius 3 is 2.21 bits per heavy atom. The van der Waals surface area contributed by atoms with E-state index in [0.29, 0.717) is 11.8 Å². The monoisotopic (exact) mass is 333 g/mol. The summed E-state index contributed by atoms with van der Waals surface area (Å²) in [6.45, 7) is 3.40. The Kier molecular flexibility index (Phi) is 5.63. The lowest BCUT2D eigenvalue weighted by molar-refractivity contribution is -0.123. The molecule has 1 atom stereocenters. The second-order valence-corrected chi connectivity index (χ2v) is 5.25. The SMILES string of the molecule is CCc1ccc(NC(=O)[C@H](C)OC(=O)c2cc(F)cc(F)c2)cc1. The molecule has 2 aromatic carbocycles. The smallest absolute Gasteiger partial charge is 0.339 e. The highest BCUT2D eigenvalue weighted by molar-refractivity contribution is 5.97. The minimum Gasteiger partial charge on any atom is -0.449 e. The van der Waals surface area contributed by atoms with Crippen LogP contribution in [-0.2, 0) is 16.0 Å². The van der Waals surface area contributed by atoms with E-state index in [1.807, 2.05) is 19.1 Å². The zero-order valence-corrected chi connectivity index (χ0v) is 13.3. The first-order valence-corrected chi connectivity index (χ1v) is 7.46. The van der Waals surface area contributed by atoms with Crippen LogP contribution in [-0.4, -0.2) is 18.0 Å². The molecule has 2 aromatic rings. The molecule has 1 amide bonds. The molecule has 6 heteroatoms. The molecule has 0 unspecified atom stereocenters. The molecule has 24 heavy (non-hydrogen) atoms. The topological polar surface area (TPSA) is 55.4 Å². The van der Waals surface area contributed by atoms with Gasteiger partial charge in [0, 0.05) is 11.8 Å². The van der Waals surface area contributed by atoms with E-state index in [4.69, 9.17) is 4.74 Å². The van der Waals surface area contributed by atoms with Gasteiger partial charge in [-0.15, -0.1) is 0 Å². The lowest BCUT2D eigenvalue weighted by Gasteiger charge is -2.14. The zero-order chi connectivity index (χ0) is 17.7. The summed E-state index contributed by atoms with van der Waals surface area (Å²) in [7, 11) is 0. The van der Waals surface area contributed by atoms with E-state index in [0.717, 1.165) is 24.1 Å². The third-order valence-electron chi connectivity index (χ3n) is 3.38. The molecule has 4 nitrogen and oxygen atoms in total. The van der Waals surface area contributed by atoms with Gasteiger partial charge in [0.05, 0.1) is 5.56 Å². The highest BCUT2D eigenvalue weighted by Gasteiger charge is 2.20. The molecule has 0 aliphatic heterocycles. The van der Waals surface area contributed by atoms with Crippen LogP contribution in [0.2, 0.25) is 0 Å². The van der Waals surface area contributed by atoms with Crippen LogP contribution in [0.15, 0.2) is 42.5 Å². The molecule has 1 N–H and O–H groups in total. The lowest BCUT2D eigenvalue weighted by atomic mass is 10.1. The van der Waals surface area contributed by atoms with Crippen molar-refractivity contribution >= 4 is 17.6 Å². The molecule has 0 saturated heterocycles. The summed E-state index contributed by atoms with van der Waals surface area (Å²) in [6, 6.07) is 9.58. The van der Waals surface area contributed by atoms with Crippen molar-refractivity contribution in [2.45, 2.75) is 26.4 Å². The lowest BCUT2D eigenvalue weighted by Crippen LogP contribution is -2.30. The van der Waals surface area contributed by atoms with Crippen molar-refractivity contribution in [3.8, 4) is 0 Å². The van der Waals surface area contributed by atoms with Gasteiger partial charge in [-0.05, 0) is 43.2 Å². The number of halogens is 2. The zero-order valence-electron chi connectivity index (χ0n) is 13.3. The van der Waals surface area contributed by atoms with Gasteiger partial charge < -0.3 is 10.1 Å². The third kappa shape index (κ3) is 4.62. The van der Waals surface area contributed by atoms with Gasteiger partial charge in [0.15, 0.2) is 6.10 Å². The first kappa shape index (κ1) is 17.6. The first-order valence-electron chi connectivity index (χ1n) is 7.46. The number of aryl methyl sites for hydroxylation is 1. The predicted molar refractivity (Wildman–Crippen MR) is 85.7 cm³/mol. The Morgan fingerprint density at radius 1 is 1.08 bits per heavy atom. The number of amides is 1. The number of ether oxygens (including phenoxy) is 1. The van der Waals surface area contributed by atoms with Crippen molar-refractivity contribution in [3.63, 3.8) is 0 Å². The van der Waals surface area contributed by atoms with Gasteiger partial charge in [-0.1, -0.05) is 19.1 Å². The van der Waals surface area contributed by atoms with Crippen LogP contribution in [0.4, 0.5) is 14.5 Å². The maximum Gasteiger partial charge on any atom is 0.339 e. The highest BCUT2D eigenvalue weighted by atomic mass is 19.1. The molecule has 0 fully saturated rings. The third-order valence-corrected chi connectivity index (χ3v) is 3.38. The van der Waals surface area contributed by atoms with E-state index in [-0.39, 0.29) is 5.56 Å². The van der Waals surface area contributed by atoms with Crippen molar-refractivity contribution in [3.05, 3.63) is 65.2 Å². The normalized spacial score (nSPS) is 11.7. The molecule has 0 aliphatic carbocycles. The van der Waals surface area contributed by atoms with E-state index < -0.39 is 29.6 Å². The van der Waals surface area contributed by atoms with Gasteiger partial charge in [-0.3, -0.25) is 4.79 Å². The molecular formula is C18H17F2NO3. The number of hydrogen-bond acceptors (Lipinski definition) is 3. The number of carbonyl (C=O) groups excluding carboxylic acids is 2. The molecule has 126 valence electrons. The van der Waals surface area contributed by atoms with Gasteiger partial charge in [0.1, 0.15) is 11.6 Å². The number of benzene rings is 2. The summed E-state index contributed by atoms with van der Waals surface area (Å²) in [5.41, 5.74) is 1.40. The molecular weight excluding hydrogens is 316 g/mol. The Balaban J connectivity index is 1.98. The van der Waals surface area contributed by atoms with Crippen LogP contribution in [0, 0.1) is 11.6 Å². The molecule has 0 bridgehead atoms. The van der Waals surface area contributed by atoms with Crippen LogP contribution in [0.3, 0.4) is 0 Å². The summed E-state index contributed by atoms with van der Waals surface area (Å²) in [4.78, 5) is 23.9. The van der Waals surface area contributed by atoms with Crippen LogP contribution in [0.5, 0.6) is 0 Å². The van der Waals surface area contributed by atoms with E-state index in [2.05, 4.69) is 5.32 Å². The summed E-state index contributed by atoms with van der Waals surface area (Å²) in [5.74, 6) is -3.30. The number of nitrogens with one attached hydrogen (secondary N) is 1. The molecule has 0 aromatic heterocycles. The molecule has 0 saturated carbocycles. The Morgan fingerprint density at radius 2 is 1.67 bits per heavy atom. The summed E-state index contributed by atoms with van der Waals surface area (Å²) in [5, 5.41) is 2.61. The molecule has 0 spiro atoms. The Labute approximate surface area is 138 Å². The highest BCUT2D eigenvalue weighted by Crippen LogP contribution is 2.13. The van der Waals surface area contributed by atoms with Crippen molar-refractivity contribution < 1.29 is 23.1 Å². The minimum atomic E-state index is -1.12. The molecule has 0 aliphatic rings. The maximum atomic E-state index is 13.1. The van der Waals surface area contributed by atoms with Crippen molar-refractivity contribution in [2.24, 2.45) is 0 Å². The van der Waals surface area contributed by atoms with E-state index in [1.54, 1.807) is 12.1 Å². The Hall–Kier alpha value is -2.76. The van der Waals surface area contributed by atoms with Crippen LogP contribution in [0.25, 0.3) is 0 Å². The fraction of sp³-hybridized carbons (Fsp3) is 0.222. The maximum absolute atomic E-state index is 13.1. The fourth-order valence-electron chi connectivity index (χ4n) is 2.02. The van der Waals surface area contributed by atoms with Crippen LogP contribution >= 0.6 is 0 Å². The fourth-order valence-corrected chi connectivity index (χ4v) is 2.02.